The van der Waals surface area contributed by atoms with Crippen LogP contribution >= 0.6 is 0 Å². The molecule has 0 radical (unpaired) electrons. The van der Waals surface area contributed by atoms with Crippen molar-refractivity contribution in [2.75, 3.05) is 11.4 Å². The van der Waals surface area contributed by atoms with Crippen LogP contribution in [0.5, 0.6) is 0 Å². The molecule has 2 atom stereocenters. The lowest BCUT2D eigenvalue weighted by atomic mass is 10.1. The van der Waals surface area contributed by atoms with E-state index in [1.165, 1.54) is 0 Å². The Morgan fingerprint density at radius 3 is 2.96 bits per heavy atom. The molecule has 2 fully saturated rings. The van der Waals surface area contributed by atoms with Crippen molar-refractivity contribution in [2.45, 2.75) is 31.7 Å². The van der Waals surface area contributed by atoms with Crippen molar-refractivity contribution in [1.29, 1.82) is 0 Å². The first-order valence-electron chi connectivity index (χ1n) is 8.43. The van der Waals surface area contributed by atoms with Crippen LogP contribution in [0.3, 0.4) is 0 Å². The molecule has 1 aromatic heterocycles. The molecule has 1 aliphatic carbocycles. The third kappa shape index (κ3) is 2.94. The van der Waals surface area contributed by atoms with E-state index in [1.807, 2.05) is 41.3 Å². The van der Waals surface area contributed by atoms with Crippen molar-refractivity contribution in [2.24, 2.45) is 5.92 Å². The third-order valence-corrected chi connectivity index (χ3v) is 4.80. The summed E-state index contributed by atoms with van der Waals surface area (Å²) in [6.07, 6.45) is 4.03. The summed E-state index contributed by atoms with van der Waals surface area (Å²) in [7, 11) is 0. The molecule has 1 saturated carbocycles. The van der Waals surface area contributed by atoms with Gasteiger partial charge in [-0.25, -0.2) is 0 Å². The van der Waals surface area contributed by atoms with Crippen molar-refractivity contribution < 1.29 is 14.0 Å². The lowest BCUT2D eigenvalue weighted by Gasteiger charge is -2.16. The quantitative estimate of drug-likeness (QED) is 0.920. The highest BCUT2D eigenvalue weighted by molar-refractivity contribution is 5.95. The van der Waals surface area contributed by atoms with Gasteiger partial charge < -0.3 is 14.6 Å². The Morgan fingerprint density at radius 2 is 2.21 bits per heavy atom. The first-order valence-corrected chi connectivity index (χ1v) is 8.43. The van der Waals surface area contributed by atoms with Gasteiger partial charge in [0.1, 0.15) is 5.76 Å². The number of benzene rings is 1. The maximum atomic E-state index is 12.3. The number of amides is 2. The molecule has 1 N–H and O–H groups in total. The third-order valence-electron chi connectivity index (χ3n) is 4.80. The smallest absolute Gasteiger partial charge is 0.227 e. The Labute approximate surface area is 140 Å². The van der Waals surface area contributed by atoms with Crippen LogP contribution in [0.1, 0.15) is 36.5 Å². The molecule has 4 rings (SSSR count). The van der Waals surface area contributed by atoms with Crippen molar-refractivity contribution in [1.82, 2.24) is 5.32 Å². The van der Waals surface area contributed by atoms with Crippen LogP contribution in [0.15, 0.2) is 47.1 Å². The van der Waals surface area contributed by atoms with E-state index in [0.717, 1.165) is 36.4 Å². The summed E-state index contributed by atoms with van der Waals surface area (Å²) in [5, 5.41) is 3.00. The monoisotopic (exact) mass is 324 g/mol. The second kappa shape index (κ2) is 6.15. The summed E-state index contributed by atoms with van der Waals surface area (Å²) in [6, 6.07) is 11.6. The predicted octanol–water partition coefficient (Wildman–Crippen LogP) is 2.83. The zero-order valence-corrected chi connectivity index (χ0v) is 13.4. The highest BCUT2D eigenvalue weighted by atomic mass is 16.3. The number of hydrogen-bond donors (Lipinski definition) is 1. The molecule has 1 aliphatic heterocycles. The lowest BCUT2D eigenvalue weighted by Crippen LogP contribution is -2.26. The van der Waals surface area contributed by atoms with Crippen LogP contribution in [-0.4, -0.2) is 18.4 Å². The van der Waals surface area contributed by atoms with E-state index in [1.54, 1.807) is 6.26 Å². The van der Waals surface area contributed by atoms with Crippen molar-refractivity contribution in [3.05, 3.63) is 54.0 Å². The summed E-state index contributed by atoms with van der Waals surface area (Å²) in [5.41, 5.74) is 1.93. The Kier molecular flexibility index (Phi) is 3.84. The second-order valence-corrected chi connectivity index (χ2v) is 6.50. The largest absolute Gasteiger partial charge is 0.469 e. The van der Waals surface area contributed by atoms with Gasteiger partial charge in [0, 0.05) is 37.0 Å². The zero-order chi connectivity index (χ0) is 16.5. The number of nitrogens with zero attached hydrogens (tertiary/aromatic N) is 1. The summed E-state index contributed by atoms with van der Waals surface area (Å²) in [4.78, 5) is 25.9. The van der Waals surface area contributed by atoms with Gasteiger partial charge in [-0.3, -0.25) is 9.59 Å². The number of rotatable bonds is 5. The highest BCUT2D eigenvalue weighted by Crippen LogP contribution is 2.47. The van der Waals surface area contributed by atoms with Crippen LogP contribution in [0.4, 0.5) is 5.69 Å². The lowest BCUT2D eigenvalue weighted by molar-refractivity contribution is -0.122. The number of carbonyl (C=O) groups is 2. The molecule has 24 heavy (non-hydrogen) atoms. The normalized spacial score (nSPS) is 22.7. The molecule has 2 aromatic rings. The second-order valence-electron chi connectivity index (χ2n) is 6.50. The topological polar surface area (TPSA) is 62.6 Å². The molecule has 1 saturated heterocycles. The van der Waals surface area contributed by atoms with Crippen LogP contribution in [0.2, 0.25) is 0 Å². The van der Waals surface area contributed by atoms with Crippen LogP contribution in [-0.2, 0) is 16.1 Å². The fraction of sp³-hybridized carbons (Fsp3) is 0.368. The van der Waals surface area contributed by atoms with Gasteiger partial charge in [-0.05, 0) is 42.7 Å². The molecule has 5 nitrogen and oxygen atoms in total. The van der Waals surface area contributed by atoms with Crippen molar-refractivity contribution in [3.8, 4) is 0 Å². The average molecular weight is 324 g/mol. The van der Waals surface area contributed by atoms with Gasteiger partial charge in [0.2, 0.25) is 11.8 Å². The number of furan rings is 1. The van der Waals surface area contributed by atoms with Gasteiger partial charge in [0.15, 0.2) is 0 Å². The van der Waals surface area contributed by atoms with E-state index >= 15 is 0 Å². The van der Waals surface area contributed by atoms with E-state index in [-0.39, 0.29) is 23.7 Å². The number of anilines is 1. The van der Waals surface area contributed by atoms with Crippen LogP contribution < -0.4 is 10.2 Å². The van der Waals surface area contributed by atoms with Gasteiger partial charge in [-0.1, -0.05) is 12.1 Å². The summed E-state index contributed by atoms with van der Waals surface area (Å²) in [6.45, 7) is 1.26. The standard InChI is InChI=1S/C19H20N2O3/c22-18-7-2-8-21(18)14-5-1-4-13(10-14)12-20-19(23)16-11-15(16)17-6-3-9-24-17/h1,3-6,9-10,15-16H,2,7-8,11-12H2,(H,20,23). The summed E-state index contributed by atoms with van der Waals surface area (Å²) >= 11 is 0. The minimum absolute atomic E-state index is 0.0134. The van der Waals surface area contributed by atoms with Crippen molar-refractivity contribution >= 4 is 17.5 Å². The average Bonchev–Trinajstić information content (AvgIpc) is 3.00. The molecule has 5 heteroatoms. The van der Waals surface area contributed by atoms with E-state index in [4.69, 9.17) is 4.42 Å². The minimum atomic E-state index is 0.0134. The molecular formula is C19H20N2O3. The molecule has 2 amide bonds. The van der Waals surface area contributed by atoms with E-state index in [9.17, 15) is 9.59 Å². The van der Waals surface area contributed by atoms with E-state index in [0.29, 0.717) is 13.0 Å². The first kappa shape index (κ1) is 15.0. The number of nitrogens with one attached hydrogen (secondary N) is 1. The van der Waals surface area contributed by atoms with Crippen LogP contribution in [0, 0.1) is 5.92 Å². The first-order chi connectivity index (χ1) is 11.7. The zero-order valence-electron chi connectivity index (χ0n) is 13.4. The van der Waals surface area contributed by atoms with Gasteiger partial charge in [0.05, 0.1) is 6.26 Å². The Bertz CT molecular complexity index is 754. The number of hydrogen-bond acceptors (Lipinski definition) is 3. The maximum absolute atomic E-state index is 12.3. The molecule has 0 bridgehead atoms. The molecule has 2 unspecified atom stereocenters. The van der Waals surface area contributed by atoms with Gasteiger partial charge in [-0.2, -0.15) is 0 Å². The highest BCUT2D eigenvalue weighted by Gasteiger charge is 2.45. The fourth-order valence-electron chi connectivity index (χ4n) is 3.38. The van der Waals surface area contributed by atoms with E-state index in [2.05, 4.69) is 5.32 Å². The molecular weight excluding hydrogens is 304 g/mol. The summed E-state index contributed by atoms with van der Waals surface area (Å²) < 4.78 is 5.37. The molecule has 124 valence electrons. The molecule has 2 aliphatic rings. The maximum Gasteiger partial charge on any atom is 0.227 e. The minimum Gasteiger partial charge on any atom is -0.469 e. The number of carbonyl (C=O) groups excluding carboxylic acids is 2. The Balaban J connectivity index is 1.35. The van der Waals surface area contributed by atoms with Gasteiger partial charge >= 0.3 is 0 Å². The van der Waals surface area contributed by atoms with E-state index < -0.39 is 0 Å². The predicted molar refractivity (Wildman–Crippen MR) is 89.4 cm³/mol. The SMILES string of the molecule is O=C(NCc1cccc(N2CCCC2=O)c1)C1CC1c1ccco1. The Hall–Kier alpha value is -2.56. The Morgan fingerprint density at radius 1 is 1.29 bits per heavy atom. The summed E-state index contributed by atoms with van der Waals surface area (Å²) in [5.74, 6) is 1.37. The molecule has 2 heterocycles. The fourth-order valence-corrected chi connectivity index (χ4v) is 3.38. The molecule has 1 aromatic carbocycles. The van der Waals surface area contributed by atoms with Gasteiger partial charge in [0.25, 0.3) is 0 Å². The molecule has 0 spiro atoms. The van der Waals surface area contributed by atoms with Gasteiger partial charge in [-0.15, -0.1) is 0 Å². The van der Waals surface area contributed by atoms with Crippen molar-refractivity contribution in [3.63, 3.8) is 0 Å². The van der Waals surface area contributed by atoms with Crippen LogP contribution in [0.25, 0.3) is 0 Å².